The minimum atomic E-state index is -2.44. The quantitative estimate of drug-likeness (QED) is 0.772. The molecule has 1 rings (SSSR count). The molecule has 0 aliphatic heterocycles. The Morgan fingerprint density at radius 1 is 1.24 bits per heavy atom. The zero-order valence-electron chi connectivity index (χ0n) is 12.9. The first-order valence-electron chi connectivity index (χ1n) is 7.08. The lowest BCUT2D eigenvalue weighted by atomic mass is 9.85. The maximum Gasteiger partial charge on any atom is 0.287 e. The van der Waals surface area contributed by atoms with E-state index in [0.29, 0.717) is 41.8 Å². The Kier molecular flexibility index (Phi) is 7.22. The smallest absolute Gasteiger partial charge is 0.287 e. The average Bonchev–Trinajstić information content (AvgIpc) is 2.84. The molecule has 1 aromatic heterocycles. The van der Waals surface area contributed by atoms with Crippen LogP contribution in [0.15, 0.2) is 16.5 Å². The van der Waals surface area contributed by atoms with Crippen LogP contribution in [0.1, 0.15) is 44.0 Å². The van der Waals surface area contributed by atoms with E-state index in [4.69, 9.17) is 4.42 Å². The molecule has 1 aromatic rings. The van der Waals surface area contributed by atoms with Crippen LogP contribution in [0.3, 0.4) is 0 Å². The molecule has 0 atom stereocenters. The first kappa shape index (κ1) is 18.0. The topological polar surface area (TPSA) is 42.2 Å². The Morgan fingerprint density at radius 2 is 1.86 bits per heavy atom. The second-order valence-corrected chi connectivity index (χ2v) is 6.68. The Labute approximate surface area is 128 Å². The lowest BCUT2D eigenvalue weighted by molar-refractivity contribution is 0.0908. The fraction of sp³-hybridized carbons (Fsp3) is 0.667. The second kappa shape index (κ2) is 8.41. The minimum Gasteiger partial charge on any atom is -0.455 e. The van der Waals surface area contributed by atoms with Gasteiger partial charge in [0, 0.05) is 6.54 Å². The maximum atomic E-state index is 12.1. The molecule has 120 valence electrons. The molecular formula is C15H23F2NO2S. The number of carbonyl (C=O) groups excluding carboxylic acids is 1. The van der Waals surface area contributed by atoms with Crippen molar-refractivity contribution in [3.63, 3.8) is 0 Å². The van der Waals surface area contributed by atoms with Crippen molar-refractivity contribution in [2.24, 2.45) is 17.8 Å². The van der Waals surface area contributed by atoms with Crippen LogP contribution in [0.5, 0.6) is 0 Å². The van der Waals surface area contributed by atoms with Crippen LogP contribution in [0, 0.1) is 17.8 Å². The summed E-state index contributed by atoms with van der Waals surface area (Å²) in [5.41, 5.74) is 0. The molecule has 6 heteroatoms. The number of furan rings is 1. The molecule has 0 bridgehead atoms. The van der Waals surface area contributed by atoms with E-state index >= 15 is 0 Å². The van der Waals surface area contributed by atoms with Crippen molar-refractivity contribution < 1.29 is 18.0 Å². The van der Waals surface area contributed by atoms with Gasteiger partial charge in [0.1, 0.15) is 5.76 Å². The third kappa shape index (κ3) is 6.08. The van der Waals surface area contributed by atoms with Crippen molar-refractivity contribution in [3.05, 3.63) is 23.7 Å². The summed E-state index contributed by atoms with van der Waals surface area (Å²) >= 11 is 0.477. The maximum absolute atomic E-state index is 12.1. The molecule has 0 spiro atoms. The van der Waals surface area contributed by atoms with Crippen molar-refractivity contribution in [2.75, 3.05) is 6.54 Å². The summed E-state index contributed by atoms with van der Waals surface area (Å²) in [5, 5.41) is 2.85. The molecule has 1 amide bonds. The van der Waals surface area contributed by atoms with Gasteiger partial charge in [0.2, 0.25) is 0 Å². The number of halogens is 2. The first-order valence-corrected chi connectivity index (χ1v) is 8.12. The van der Waals surface area contributed by atoms with Gasteiger partial charge >= 0.3 is 0 Å². The molecule has 0 aliphatic rings. The Bertz CT molecular complexity index is 439. The van der Waals surface area contributed by atoms with Crippen LogP contribution in [-0.4, -0.2) is 18.2 Å². The fourth-order valence-electron chi connectivity index (χ4n) is 2.26. The lowest BCUT2D eigenvalue weighted by Gasteiger charge is -2.24. The normalized spacial score (nSPS) is 11.9. The molecule has 0 radical (unpaired) electrons. The van der Waals surface area contributed by atoms with Gasteiger partial charge in [-0.1, -0.05) is 39.5 Å². The van der Waals surface area contributed by atoms with Gasteiger partial charge in [-0.3, -0.25) is 4.79 Å². The number of alkyl halides is 2. The van der Waals surface area contributed by atoms with Crippen LogP contribution >= 0.6 is 11.8 Å². The summed E-state index contributed by atoms with van der Waals surface area (Å²) in [6.07, 6.45) is 0. The Balaban J connectivity index is 2.52. The highest BCUT2D eigenvalue weighted by molar-refractivity contribution is 7.98. The SMILES string of the molecule is CC(C)C(CNC(=O)c1ccc(CSC(F)F)o1)C(C)C. The number of rotatable bonds is 8. The first-order chi connectivity index (χ1) is 9.81. The predicted octanol–water partition coefficient (Wildman–Crippen LogP) is 4.39. The fourth-order valence-corrected chi connectivity index (χ4v) is 2.71. The molecule has 0 fully saturated rings. The zero-order chi connectivity index (χ0) is 16.0. The third-order valence-corrected chi connectivity index (χ3v) is 4.15. The van der Waals surface area contributed by atoms with Gasteiger partial charge in [0.25, 0.3) is 11.7 Å². The van der Waals surface area contributed by atoms with Gasteiger partial charge in [-0.2, -0.15) is 8.78 Å². The van der Waals surface area contributed by atoms with E-state index in [9.17, 15) is 13.6 Å². The van der Waals surface area contributed by atoms with E-state index in [0.717, 1.165) is 0 Å². The Hall–Kier alpha value is -1.04. The molecular weight excluding hydrogens is 296 g/mol. The van der Waals surface area contributed by atoms with E-state index in [-0.39, 0.29) is 17.4 Å². The largest absolute Gasteiger partial charge is 0.455 e. The molecule has 0 saturated carbocycles. The van der Waals surface area contributed by atoms with Crippen LogP contribution in [-0.2, 0) is 5.75 Å². The van der Waals surface area contributed by atoms with Crippen LogP contribution in [0.25, 0.3) is 0 Å². The summed E-state index contributed by atoms with van der Waals surface area (Å²) < 4.78 is 29.5. The van der Waals surface area contributed by atoms with Crippen LogP contribution < -0.4 is 5.32 Å². The number of thioether (sulfide) groups is 1. The van der Waals surface area contributed by atoms with Crippen molar-refractivity contribution in [1.82, 2.24) is 5.32 Å². The third-order valence-electron chi connectivity index (χ3n) is 3.45. The molecule has 1 N–H and O–H groups in total. The van der Waals surface area contributed by atoms with Gasteiger partial charge in [0.05, 0.1) is 5.75 Å². The number of hydrogen-bond donors (Lipinski definition) is 1. The van der Waals surface area contributed by atoms with Crippen LogP contribution in [0.4, 0.5) is 8.78 Å². The van der Waals surface area contributed by atoms with E-state index in [1.54, 1.807) is 6.07 Å². The van der Waals surface area contributed by atoms with E-state index in [2.05, 4.69) is 33.0 Å². The number of nitrogens with one attached hydrogen (secondary N) is 1. The van der Waals surface area contributed by atoms with Crippen molar-refractivity contribution >= 4 is 17.7 Å². The molecule has 0 saturated heterocycles. The monoisotopic (exact) mass is 319 g/mol. The predicted molar refractivity (Wildman–Crippen MR) is 81.5 cm³/mol. The summed E-state index contributed by atoms with van der Waals surface area (Å²) in [5.74, 6) is -0.788. The number of amides is 1. The summed E-state index contributed by atoms with van der Waals surface area (Å²) in [7, 11) is 0. The standard InChI is InChI=1S/C15H23F2NO2S/c1-9(2)12(10(3)4)7-18-14(19)13-6-5-11(20-13)8-21-15(16)17/h5-6,9-10,12,15H,7-8H2,1-4H3,(H,18,19). The minimum absolute atomic E-state index is 0.0611. The van der Waals surface area contributed by atoms with E-state index in [1.165, 1.54) is 6.07 Å². The van der Waals surface area contributed by atoms with Gasteiger partial charge in [-0.05, 0) is 29.9 Å². The molecule has 1 heterocycles. The van der Waals surface area contributed by atoms with Crippen molar-refractivity contribution in [1.29, 1.82) is 0 Å². The van der Waals surface area contributed by atoms with Gasteiger partial charge in [0.15, 0.2) is 5.76 Å². The molecule has 0 aromatic carbocycles. The molecule has 3 nitrogen and oxygen atoms in total. The molecule has 0 aliphatic carbocycles. The van der Waals surface area contributed by atoms with Crippen molar-refractivity contribution in [2.45, 2.75) is 39.2 Å². The summed E-state index contributed by atoms with van der Waals surface area (Å²) in [6, 6.07) is 3.09. The highest BCUT2D eigenvalue weighted by atomic mass is 32.2. The van der Waals surface area contributed by atoms with E-state index < -0.39 is 5.76 Å². The van der Waals surface area contributed by atoms with Crippen molar-refractivity contribution in [3.8, 4) is 0 Å². The molecule has 0 unspecified atom stereocenters. The Morgan fingerprint density at radius 3 is 2.38 bits per heavy atom. The lowest BCUT2D eigenvalue weighted by Crippen LogP contribution is -2.33. The molecule has 21 heavy (non-hydrogen) atoms. The van der Waals surface area contributed by atoms with Gasteiger partial charge < -0.3 is 9.73 Å². The van der Waals surface area contributed by atoms with Gasteiger partial charge in [-0.15, -0.1) is 0 Å². The second-order valence-electron chi connectivity index (χ2n) is 5.70. The van der Waals surface area contributed by atoms with E-state index in [1.807, 2.05) is 0 Å². The van der Waals surface area contributed by atoms with Crippen LogP contribution in [0.2, 0.25) is 0 Å². The summed E-state index contributed by atoms with van der Waals surface area (Å²) in [4.78, 5) is 12.0. The average molecular weight is 319 g/mol. The number of carbonyl (C=O) groups is 1. The summed E-state index contributed by atoms with van der Waals surface area (Å²) in [6.45, 7) is 9.09. The highest BCUT2D eigenvalue weighted by Gasteiger charge is 2.19. The highest BCUT2D eigenvalue weighted by Crippen LogP contribution is 2.22. The van der Waals surface area contributed by atoms with Gasteiger partial charge in [-0.25, -0.2) is 0 Å². The zero-order valence-corrected chi connectivity index (χ0v) is 13.7. The number of hydrogen-bond acceptors (Lipinski definition) is 3.